The average molecular weight is 303 g/mol. The Bertz CT molecular complexity index is 609. The van der Waals surface area contributed by atoms with Gasteiger partial charge >= 0.3 is 5.97 Å². The molecule has 1 aromatic rings. The van der Waals surface area contributed by atoms with E-state index in [1.807, 2.05) is 19.1 Å². The summed E-state index contributed by atoms with van der Waals surface area (Å²) in [6.45, 7) is 5.63. The van der Waals surface area contributed by atoms with Crippen LogP contribution in [0.1, 0.15) is 55.5 Å². The van der Waals surface area contributed by atoms with Gasteiger partial charge in [0, 0.05) is 17.5 Å². The predicted molar refractivity (Wildman–Crippen MR) is 81.0 cm³/mol. The minimum absolute atomic E-state index is 0.0274. The fourth-order valence-electron chi connectivity index (χ4n) is 2.57. The van der Waals surface area contributed by atoms with Crippen LogP contribution in [0.5, 0.6) is 5.75 Å². The van der Waals surface area contributed by atoms with Gasteiger partial charge in [-0.1, -0.05) is 19.1 Å². The number of nitrogens with one attached hydrogen (secondary N) is 1. The highest BCUT2D eigenvalue weighted by molar-refractivity contribution is 5.95. The van der Waals surface area contributed by atoms with Crippen molar-refractivity contribution in [1.29, 1.82) is 0 Å². The van der Waals surface area contributed by atoms with Crippen LogP contribution < -0.4 is 10.1 Å². The molecule has 5 nitrogen and oxygen atoms in total. The average Bonchev–Trinajstić information content (AvgIpc) is 3.25. The molecule has 0 bridgehead atoms. The van der Waals surface area contributed by atoms with Gasteiger partial charge in [-0.15, -0.1) is 0 Å². The number of fused-ring (bicyclic) bond motifs is 1. The summed E-state index contributed by atoms with van der Waals surface area (Å²) < 4.78 is 11.1. The SMILES string of the molecule is C[C@H](OC(=O)c1cccc2c1O[C@H](C)[C@@H]2C)C(=O)NC1CC1. The summed E-state index contributed by atoms with van der Waals surface area (Å²) in [5.74, 6) is 0.0586. The summed E-state index contributed by atoms with van der Waals surface area (Å²) in [5.41, 5.74) is 1.40. The van der Waals surface area contributed by atoms with Crippen LogP contribution in [-0.4, -0.2) is 30.1 Å². The molecule has 0 radical (unpaired) electrons. The van der Waals surface area contributed by atoms with Crippen LogP contribution in [0.25, 0.3) is 0 Å². The smallest absolute Gasteiger partial charge is 0.342 e. The van der Waals surface area contributed by atoms with Crippen LogP contribution in [0, 0.1) is 0 Å². The number of para-hydroxylation sites is 1. The first-order chi connectivity index (χ1) is 10.5. The molecule has 1 aliphatic carbocycles. The van der Waals surface area contributed by atoms with Gasteiger partial charge in [-0.05, 0) is 32.8 Å². The van der Waals surface area contributed by atoms with Crippen LogP contribution in [-0.2, 0) is 9.53 Å². The Hall–Kier alpha value is -2.04. The molecule has 118 valence electrons. The zero-order valence-electron chi connectivity index (χ0n) is 13.1. The second-order valence-electron chi connectivity index (χ2n) is 6.17. The number of rotatable bonds is 4. The maximum atomic E-state index is 12.4. The number of carbonyl (C=O) groups is 2. The fraction of sp³-hybridized carbons (Fsp3) is 0.529. The third kappa shape index (κ3) is 2.80. The molecular weight excluding hydrogens is 282 g/mol. The lowest BCUT2D eigenvalue weighted by molar-refractivity contribution is -0.129. The Morgan fingerprint density at radius 2 is 2.05 bits per heavy atom. The van der Waals surface area contributed by atoms with Crippen LogP contribution in [0.2, 0.25) is 0 Å². The normalized spacial score (nSPS) is 24.1. The molecule has 0 saturated heterocycles. The summed E-state index contributed by atoms with van der Waals surface area (Å²) in [6.07, 6.45) is 1.23. The Morgan fingerprint density at radius 3 is 2.73 bits per heavy atom. The van der Waals surface area contributed by atoms with Crippen molar-refractivity contribution in [2.45, 2.75) is 57.8 Å². The van der Waals surface area contributed by atoms with Gasteiger partial charge in [-0.2, -0.15) is 0 Å². The summed E-state index contributed by atoms with van der Waals surface area (Å²) in [4.78, 5) is 24.2. The molecule has 1 aromatic carbocycles. The zero-order valence-corrected chi connectivity index (χ0v) is 13.1. The standard InChI is InChI=1S/C17H21NO4/c1-9-10(2)21-15-13(9)5-4-6-14(15)17(20)22-11(3)16(19)18-12-7-8-12/h4-6,9-12H,7-8H2,1-3H3,(H,18,19)/t9-,10+,11-/m0/s1. The van der Waals surface area contributed by atoms with Gasteiger partial charge in [0.05, 0.1) is 0 Å². The zero-order chi connectivity index (χ0) is 15.9. The Balaban J connectivity index is 1.72. The number of ether oxygens (including phenoxy) is 2. The maximum Gasteiger partial charge on any atom is 0.342 e. The molecule has 0 aromatic heterocycles. The lowest BCUT2D eigenvalue weighted by Crippen LogP contribution is -2.37. The monoisotopic (exact) mass is 303 g/mol. The van der Waals surface area contributed by atoms with Gasteiger partial charge < -0.3 is 14.8 Å². The fourth-order valence-corrected chi connectivity index (χ4v) is 2.57. The molecule has 22 heavy (non-hydrogen) atoms. The molecule has 0 unspecified atom stereocenters. The van der Waals surface area contributed by atoms with Crippen molar-refractivity contribution in [3.8, 4) is 5.75 Å². The van der Waals surface area contributed by atoms with E-state index >= 15 is 0 Å². The Kier molecular flexibility index (Phi) is 3.81. The molecule has 1 aliphatic heterocycles. The Labute approximate surface area is 130 Å². The highest BCUT2D eigenvalue weighted by atomic mass is 16.6. The van der Waals surface area contributed by atoms with Gasteiger partial charge in [0.15, 0.2) is 6.10 Å². The van der Waals surface area contributed by atoms with E-state index in [1.54, 1.807) is 13.0 Å². The van der Waals surface area contributed by atoms with E-state index in [1.165, 1.54) is 0 Å². The van der Waals surface area contributed by atoms with Crippen molar-refractivity contribution in [2.75, 3.05) is 0 Å². The third-order valence-electron chi connectivity index (χ3n) is 4.34. The first-order valence-corrected chi connectivity index (χ1v) is 7.78. The first-order valence-electron chi connectivity index (χ1n) is 7.78. The summed E-state index contributed by atoms with van der Waals surface area (Å²) in [7, 11) is 0. The van der Waals surface area contributed by atoms with E-state index in [0.717, 1.165) is 18.4 Å². The Morgan fingerprint density at radius 1 is 1.32 bits per heavy atom. The van der Waals surface area contributed by atoms with E-state index in [-0.39, 0.29) is 24.0 Å². The van der Waals surface area contributed by atoms with Crippen molar-refractivity contribution >= 4 is 11.9 Å². The highest BCUT2D eigenvalue weighted by Gasteiger charge is 2.33. The van der Waals surface area contributed by atoms with Gasteiger partial charge in [0.2, 0.25) is 0 Å². The summed E-state index contributed by atoms with van der Waals surface area (Å²) in [5, 5.41) is 2.83. The van der Waals surface area contributed by atoms with E-state index in [9.17, 15) is 9.59 Å². The quantitative estimate of drug-likeness (QED) is 0.868. The molecule has 5 heteroatoms. The molecule has 1 heterocycles. The number of carbonyl (C=O) groups excluding carboxylic acids is 2. The minimum atomic E-state index is -0.805. The lowest BCUT2D eigenvalue weighted by Gasteiger charge is -2.14. The highest BCUT2D eigenvalue weighted by Crippen LogP contribution is 2.40. The van der Waals surface area contributed by atoms with Crippen LogP contribution in [0.3, 0.4) is 0 Å². The summed E-state index contributed by atoms with van der Waals surface area (Å²) >= 11 is 0. The van der Waals surface area contributed by atoms with E-state index in [2.05, 4.69) is 12.2 Å². The van der Waals surface area contributed by atoms with Gasteiger partial charge in [-0.25, -0.2) is 4.79 Å². The van der Waals surface area contributed by atoms with Crippen molar-refractivity contribution in [3.05, 3.63) is 29.3 Å². The molecule has 1 amide bonds. The number of hydrogen-bond acceptors (Lipinski definition) is 4. The van der Waals surface area contributed by atoms with E-state index in [4.69, 9.17) is 9.47 Å². The number of esters is 1. The lowest BCUT2D eigenvalue weighted by atomic mass is 9.97. The van der Waals surface area contributed by atoms with Crippen LogP contribution in [0.15, 0.2) is 18.2 Å². The number of benzene rings is 1. The van der Waals surface area contributed by atoms with Gasteiger partial charge in [0.25, 0.3) is 5.91 Å². The van der Waals surface area contributed by atoms with Crippen molar-refractivity contribution in [3.63, 3.8) is 0 Å². The molecule has 0 spiro atoms. The second-order valence-corrected chi connectivity index (χ2v) is 6.17. The summed E-state index contributed by atoms with van der Waals surface area (Å²) in [6, 6.07) is 5.71. The van der Waals surface area contributed by atoms with Gasteiger partial charge in [0.1, 0.15) is 17.4 Å². The van der Waals surface area contributed by atoms with E-state index < -0.39 is 12.1 Å². The van der Waals surface area contributed by atoms with Crippen LogP contribution in [0.4, 0.5) is 0 Å². The van der Waals surface area contributed by atoms with Gasteiger partial charge in [-0.3, -0.25) is 4.79 Å². The largest absolute Gasteiger partial charge is 0.489 e. The molecule has 1 N–H and O–H groups in total. The number of amides is 1. The van der Waals surface area contributed by atoms with Crippen LogP contribution >= 0.6 is 0 Å². The molecule has 3 rings (SSSR count). The first kappa shape index (κ1) is 14.9. The topological polar surface area (TPSA) is 64.6 Å². The minimum Gasteiger partial charge on any atom is -0.489 e. The molecule has 2 aliphatic rings. The molecule has 1 fully saturated rings. The second kappa shape index (κ2) is 5.63. The van der Waals surface area contributed by atoms with Crippen molar-refractivity contribution < 1.29 is 19.1 Å². The predicted octanol–water partition coefficient (Wildman–Crippen LogP) is 2.39. The molecule has 3 atom stereocenters. The third-order valence-corrected chi connectivity index (χ3v) is 4.34. The van der Waals surface area contributed by atoms with Crippen molar-refractivity contribution in [1.82, 2.24) is 5.32 Å². The molecule has 1 saturated carbocycles. The maximum absolute atomic E-state index is 12.4. The molecular formula is C17H21NO4. The van der Waals surface area contributed by atoms with Crippen molar-refractivity contribution in [2.24, 2.45) is 0 Å². The van der Waals surface area contributed by atoms with E-state index in [0.29, 0.717) is 11.3 Å². The number of hydrogen-bond donors (Lipinski definition) is 1.